The number of benzene rings is 1. The molecular weight excluding hydrogens is 374 g/mol. The van der Waals surface area contributed by atoms with Gasteiger partial charge >= 0.3 is 11.8 Å². The van der Waals surface area contributed by atoms with Gasteiger partial charge in [-0.3, -0.25) is 14.3 Å². The Hall–Kier alpha value is -3.54. The number of rotatable bonds is 4. The largest absolute Gasteiger partial charge is 0.450 e. The van der Waals surface area contributed by atoms with Gasteiger partial charge in [-0.15, -0.1) is 0 Å². The minimum atomic E-state index is -0.485. The molecule has 0 atom stereocenters. The average Bonchev–Trinajstić information content (AvgIpc) is 2.74. The highest BCUT2D eigenvalue weighted by Gasteiger charge is 2.25. The molecule has 0 bridgehead atoms. The third kappa shape index (κ3) is 4.32. The molecule has 152 valence electrons. The van der Waals surface area contributed by atoms with Crippen LogP contribution in [0.5, 0.6) is 0 Å². The summed E-state index contributed by atoms with van der Waals surface area (Å²) in [5.41, 5.74) is 1.03. The molecule has 0 saturated carbocycles. The number of aromatic nitrogens is 2. The topological polar surface area (TPSA) is 111 Å². The van der Waals surface area contributed by atoms with Crippen molar-refractivity contribution in [1.82, 2.24) is 14.5 Å². The summed E-state index contributed by atoms with van der Waals surface area (Å²) in [6, 6.07) is 9.06. The molecule has 1 aliphatic rings. The molecule has 0 aliphatic carbocycles. The van der Waals surface area contributed by atoms with E-state index in [1.165, 1.54) is 7.05 Å². The summed E-state index contributed by atoms with van der Waals surface area (Å²) in [7, 11) is 1.44. The number of H-pyrrole nitrogens is 1. The van der Waals surface area contributed by atoms with Crippen LogP contribution in [0.1, 0.15) is 23.6 Å². The van der Waals surface area contributed by atoms with Crippen molar-refractivity contribution in [2.45, 2.75) is 13.3 Å². The molecule has 1 amide bonds. The summed E-state index contributed by atoms with van der Waals surface area (Å²) in [5, 5.41) is 8.95. The number of ether oxygens (including phenoxy) is 1. The number of carbonyl (C=O) groups is 1. The Bertz CT molecular complexity index is 1040. The monoisotopic (exact) mass is 397 g/mol. The first kappa shape index (κ1) is 20.2. The van der Waals surface area contributed by atoms with E-state index in [4.69, 9.17) is 10.00 Å². The van der Waals surface area contributed by atoms with Crippen molar-refractivity contribution in [1.29, 1.82) is 5.26 Å². The van der Waals surface area contributed by atoms with Gasteiger partial charge in [-0.05, 0) is 24.6 Å². The van der Waals surface area contributed by atoms with E-state index in [1.807, 2.05) is 4.90 Å². The van der Waals surface area contributed by atoms with Crippen molar-refractivity contribution in [3.8, 4) is 6.07 Å². The van der Waals surface area contributed by atoms with Gasteiger partial charge in [0.25, 0.3) is 5.56 Å². The Morgan fingerprint density at radius 1 is 1.17 bits per heavy atom. The van der Waals surface area contributed by atoms with E-state index >= 15 is 0 Å². The molecule has 3 rings (SSSR count). The van der Waals surface area contributed by atoms with E-state index in [0.717, 1.165) is 10.1 Å². The van der Waals surface area contributed by atoms with E-state index in [2.05, 4.69) is 11.1 Å². The van der Waals surface area contributed by atoms with Crippen LogP contribution in [0, 0.1) is 11.3 Å². The first-order valence-electron chi connectivity index (χ1n) is 9.42. The summed E-state index contributed by atoms with van der Waals surface area (Å²) >= 11 is 0. The summed E-state index contributed by atoms with van der Waals surface area (Å²) in [6.45, 7) is 3.90. The van der Waals surface area contributed by atoms with Crippen molar-refractivity contribution in [3.05, 3.63) is 61.8 Å². The smallest absolute Gasteiger partial charge is 0.409 e. The maximum Gasteiger partial charge on any atom is 0.409 e. The second-order valence-corrected chi connectivity index (χ2v) is 6.78. The van der Waals surface area contributed by atoms with Crippen LogP contribution in [0.25, 0.3) is 0 Å². The van der Waals surface area contributed by atoms with Crippen molar-refractivity contribution >= 4 is 11.9 Å². The molecule has 1 aromatic heterocycles. The molecule has 0 spiro atoms. The van der Waals surface area contributed by atoms with Crippen LogP contribution >= 0.6 is 0 Å². The predicted molar refractivity (Wildman–Crippen MR) is 107 cm³/mol. The molecule has 2 aromatic rings. The normalized spacial score (nSPS) is 13.8. The van der Waals surface area contributed by atoms with Gasteiger partial charge in [-0.1, -0.05) is 12.1 Å². The van der Waals surface area contributed by atoms with E-state index in [1.54, 1.807) is 36.1 Å². The lowest BCUT2D eigenvalue weighted by Gasteiger charge is -2.35. The lowest BCUT2D eigenvalue weighted by atomic mass is 10.0. The number of anilines is 1. The van der Waals surface area contributed by atoms with Crippen molar-refractivity contribution in [2.75, 3.05) is 37.7 Å². The summed E-state index contributed by atoms with van der Waals surface area (Å²) < 4.78 is 6.09. The molecular formula is C20H23N5O4. The lowest BCUT2D eigenvalue weighted by molar-refractivity contribution is 0.105. The number of nitriles is 1. The van der Waals surface area contributed by atoms with Crippen LogP contribution in [0.4, 0.5) is 10.6 Å². The zero-order valence-corrected chi connectivity index (χ0v) is 16.5. The van der Waals surface area contributed by atoms with Gasteiger partial charge in [0.2, 0.25) is 0 Å². The molecule has 9 heteroatoms. The van der Waals surface area contributed by atoms with E-state index in [-0.39, 0.29) is 11.7 Å². The van der Waals surface area contributed by atoms with Gasteiger partial charge in [0, 0.05) is 39.6 Å². The van der Waals surface area contributed by atoms with Crippen LogP contribution in [-0.2, 0) is 18.2 Å². The Kier molecular flexibility index (Phi) is 6.02. The van der Waals surface area contributed by atoms with Crippen molar-refractivity contribution in [3.63, 3.8) is 0 Å². The van der Waals surface area contributed by atoms with Crippen LogP contribution in [0.3, 0.4) is 0 Å². The standard InChI is InChI=1S/C20H23N5O4/c1-3-29-20(28)25-10-8-24(9-11-25)17-16(18(26)23(2)19(27)22-17)12-14-4-6-15(13-21)7-5-14/h4-7H,3,8-12H2,1-2H3,(H,22,27). The van der Waals surface area contributed by atoms with Crippen LogP contribution in [0.2, 0.25) is 0 Å². The molecule has 9 nitrogen and oxygen atoms in total. The third-order valence-electron chi connectivity index (χ3n) is 4.96. The fourth-order valence-corrected chi connectivity index (χ4v) is 3.31. The van der Waals surface area contributed by atoms with Gasteiger partial charge in [-0.2, -0.15) is 5.26 Å². The minimum absolute atomic E-state index is 0.315. The Balaban J connectivity index is 1.89. The number of nitrogens with zero attached hydrogens (tertiary/aromatic N) is 4. The van der Waals surface area contributed by atoms with Gasteiger partial charge in [-0.25, -0.2) is 9.59 Å². The summed E-state index contributed by atoms with van der Waals surface area (Å²) in [4.78, 5) is 43.3. The molecule has 2 heterocycles. The second kappa shape index (κ2) is 8.65. The fourth-order valence-electron chi connectivity index (χ4n) is 3.31. The second-order valence-electron chi connectivity index (χ2n) is 6.78. The van der Waals surface area contributed by atoms with Gasteiger partial charge < -0.3 is 14.5 Å². The van der Waals surface area contributed by atoms with Crippen LogP contribution < -0.4 is 16.1 Å². The molecule has 1 aliphatic heterocycles. The molecule has 0 unspecified atom stereocenters. The maximum absolute atomic E-state index is 12.8. The summed E-state index contributed by atoms with van der Waals surface area (Å²) in [5.74, 6) is 0.478. The highest BCUT2D eigenvalue weighted by atomic mass is 16.6. The van der Waals surface area contributed by atoms with Crippen LogP contribution in [-0.4, -0.2) is 53.3 Å². The van der Waals surface area contributed by atoms with Crippen molar-refractivity contribution in [2.24, 2.45) is 7.05 Å². The van der Waals surface area contributed by atoms with Gasteiger partial charge in [0.15, 0.2) is 0 Å². The van der Waals surface area contributed by atoms with E-state index in [0.29, 0.717) is 56.2 Å². The van der Waals surface area contributed by atoms with Gasteiger partial charge in [0.05, 0.1) is 23.8 Å². The number of piperazine rings is 1. The number of hydrogen-bond acceptors (Lipinski definition) is 6. The zero-order chi connectivity index (χ0) is 21.0. The van der Waals surface area contributed by atoms with E-state index in [9.17, 15) is 14.4 Å². The Morgan fingerprint density at radius 3 is 2.41 bits per heavy atom. The number of nitrogens with one attached hydrogen (secondary N) is 1. The molecule has 1 saturated heterocycles. The molecule has 1 N–H and O–H groups in total. The molecule has 1 aromatic carbocycles. The third-order valence-corrected chi connectivity index (χ3v) is 4.96. The first-order valence-corrected chi connectivity index (χ1v) is 9.42. The number of hydrogen-bond donors (Lipinski definition) is 1. The quantitative estimate of drug-likeness (QED) is 0.817. The predicted octanol–water partition coefficient (Wildman–Crippen LogP) is 0.815. The SMILES string of the molecule is CCOC(=O)N1CCN(c2[nH]c(=O)n(C)c(=O)c2Cc2ccc(C#N)cc2)CC1. The maximum atomic E-state index is 12.8. The number of amides is 1. The van der Waals surface area contributed by atoms with Crippen molar-refractivity contribution < 1.29 is 9.53 Å². The molecule has 29 heavy (non-hydrogen) atoms. The summed E-state index contributed by atoms with van der Waals surface area (Å²) in [6.07, 6.45) is -0.0369. The minimum Gasteiger partial charge on any atom is -0.450 e. The molecule has 0 radical (unpaired) electrons. The first-order chi connectivity index (χ1) is 13.9. The van der Waals surface area contributed by atoms with Crippen LogP contribution in [0.15, 0.2) is 33.9 Å². The number of aromatic amines is 1. The number of carbonyl (C=O) groups excluding carboxylic acids is 1. The molecule has 1 fully saturated rings. The zero-order valence-electron chi connectivity index (χ0n) is 16.5. The lowest BCUT2D eigenvalue weighted by Crippen LogP contribution is -2.50. The Morgan fingerprint density at radius 2 is 1.83 bits per heavy atom. The highest BCUT2D eigenvalue weighted by molar-refractivity contribution is 5.68. The Labute approximate surface area is 167 Å². The van der Waals surface area contributed by atoms with Gasteiger partial charge in [0.1, 0.15) is 5.82 Å². The van der Waals surface area contributed by atoms with E-state index < -0.39 is 5.69 Å². The fraction of sp³-hybridized carbons (Fsp3) is 0.400. The average molecular weight is 397 g/mol. The highest BCUT2D eigenvalue weighted by Crippen LogP contribution is 2.19.